The minimum Gasteiger partial charge on any atom is -1.00 e. The van der Waals surface area contributed by atoms with Gasteiger partial charge in [0.2, 0.25) is 0 Å². The average molecular weight is 948 g/mol. The summed E-state index contributed by atoms with van der Waals surface area (Å²) in [5.74, 6) is 1.42. The van der Waals surface area contributed by atoms with Crippen LogP contribution in [0.5, 0.6) is 0 Å². The van der Waals surface area contributed by atoms with E-state index in [1.54, 1.807) is 22.3 Å². The molecule has 4 atom stereocenters. The second kappa shape index (κ2) is 17.5. The van der Waals surface area contributed by atoms with Gasteiger partial charge in [0.1, 0.15) is 0 Å². The van der Waals surface area contributed by atoms with Crippen LogP contribution in [0.3, 0.4) is 0 Å². The van der Waals surface area contributed by atoms with Crippen LogP contribution >= 0.6 is 0 Å². The molecular weight excluding hydrogens is 887 g/mol. The Morgan fingerprint density at radius 3 is 1.06 bits per heavy atom. The first-order chi connectivity index (χ1) is 32.3. The summed E-state index contributed by atoms with van der Waals surface area (Å²) in [6.07, 6.45) is 25.5. The summed E-state index contributed by atoms with van der Waals surface area (Å²) in [7, 11) is 0. The van der Waals surface area contributed by atoms with Gasteiger partial charge in [0.25, 0.3) is 0 Å². The Labute approximate surface area is 413 Å². The number of fused-ring (bicyclic) bond motifs is 7. The molecule has 4 fully saturated rings. The van der Waals surface area contributed by atoms with E-state index in [9.17, 15) is 0 Å². The summed E-state index contributed by atoms with van der Waals surface area (Å²) in [6.45, 7) is 0. The molecular formula is C64H60Cl2Ti. The van der Waals surface area contributed by atoms with Crippen molar-refractivity contribution < 1.29 is 41.4 Å². The number of rotatable bonds is 6. The van der Waals surface area contributed by atoms with Gasteiger partial charge in [0.15, 0.2) is 0 Å². The normalized spacial score (nSPS) is 23.7. The molecule has 1 heterocycles. The largest absolute Gasteiger partial charge is 1.00 e. The molecule has 0 radical (unpaired) electrons. The van der Waals surface area contributed by atoms with Crippen LogP contribution in [0.2, 0.25) is 8.45 Å². The molecule has 4 unspecified atom stereocenters. The topological polar surface area (TPSA) is 0 Å². The van der Waals surface area contributed by atoms with Crippen molar-refractivity contribution in [3.8, 4) is 22.3 Å². The van der Waals surface area contributed by atoms with E-state index in [0.29, 0.717) is 20.3 Å². The van der Waals surface area contributed by atoms with Crippen LogP contribution in [0.15, 0.2) is 157 Å². The van der Waals surface area contributed by atoms with E-state index in [1.165, 1.54) is 155 Å². The van der Waals surface area contributed by atoms with Crippen molar-refractivity contribution in [2.75, 3.05) is 0 Å². The average Bonchev–Trinajstić information content (AvgIpc) is 3.61. The summed E-state index contributed by atoms with van der Waals surface area (Å²) in [5, 5.41) is 11.0. The fourth-order valence-corrected chi connectivity index (χ4v) is 30.1. The van der Waals surface area contributed by atoms with Gasteiger partial charge in [-0.05, 0) is 0 Å². The van der Waals surface area contributed by atoms with Gasteiger partial charge in [0, 0.05) is 0 Å². The van der Waals surface area contributed by atoms with E-state index in [4.69, 9.17) is 0 Å². The molecule has 0 amide bonds. The maximum Gasteiger partial charge on any atom is -1.00 e. The third-order valence-electron chi connectivity index (χ3n) is 18.4. The van der Waals surface area contributed by atoms with Crippen molar-refractivity contribution in [3.63, 3.8) is 0 Å². The molecule has 334 valence electrons. The van der Waals surface area contributed by atoms with Crippen LogP contribution < -0.4 is 24.8 Å². The second-order valence-corrected chi connectivity index (χ2v) is 28.6. The molecule has 8 aromatic rings. The molecule has 5 aliphatic carbocycles. The second-order valence-electron chi connectivity index (χ2n) is 21.3. The molecule has 3 saturated carbocycles. The maximum absolute atomic E-state index is 3.00. The first kappa shape index (κ1) is 43.8. The van der Waals surface area contributed by atoms with Gasteiger partial charge in [-0.3, -0.25) is 0 Å². The number of allylic oxidation sites excluding steroid dienone is 2. The van der Waals surface area contributed by atoms with Crippen molar-refractivity contribution in [2.24, 2.45) is 11.8 Å². The third-order valence-corrected chi connectivity index (χ3v) is 29.1. The van der Waals surface area contributed by atoms with E-state index < -0.39 is 16.6 Å². The Morgan fingerprint density at radius 1 is 0.343 bits per heavy atom. The minimum absolute atomic E-state index is 0. The number of hydrogen-bond donors (Lipinski definition) is 0. The molecule has 14 rings (SSSR count). The van der Waals surface area contributed by atoms with Crippen LogP contribution in [0, 0.1) is 11.8 Å². The van der Waals surface area contributed by atoms with Gasteiger partial charge in [-0.25, -0.2) is 0 Å². The summed E-state index contributed by atoms with van der Waals surface area (Å²) >= 11 is -3.00. The Kier molecular flexibility index (Phi) is 11.5. The fraction of sp³-hybridized carbons (Fsp3) is 0.312. The Bertz CT molecular complexity index is 2960. The van der Waals surface area contributed by atoms with E-state index in [-0.39, 0.29) is 24.8 Å². The van der Waals surface area contributed by atoms with Crippen LogP contribution in [-0.4, -0.2) is 0 Å². The number of halogens is 2. The minimum atomic E-state index is -3.00. The molecule has 3 heteroatoms. The first-order valence-corrected chi connectivity index (χ1v) is 29.4. The van der Waals surface area contributed by atoms with Gasteiger partial charge in [0.05, 0.1) is 0 Å². The van der Waals surface area contributed by atoms with Gasteiger partial charge in [-0.1, -0.05) is 0 Å². The fourth-order valence-electron chi connectivity index (χ4n) is 15.8. The van der Waals surface area contributed by atoms with Crippen LogP contribution in [0.1, 0.15) is 121 Å². The summed E-state index contributed by atoms with van der Waals surface area (Å²) in [6, 6.07) is 57.2. The predicted molar refractivity (Wildman–Crippen MR) is 274 cm³/mol. The standard InChI is InChI=1S/2C29H25.C6H10.2ClH.Ti/c2*1-2-9-20(10-3-1)24-18-23-13-8-16-27(28(23)19-24)29-25-14-6-4-11-21(25)17-22-12-5-7-15-26(22)29;1-2-4-6-5-3-1;;;/h2*4-8,11-20H,1-3,9-10H2;1-2H,3-6H2;2*1H;/q;;;;;+2/p-2. The van der Waals surface area contributed by atoms with Gasteiger partial charge >= 0.3 is 392 Å². The van der Waals surface area contributed by atoms with Crippen LogP contribution in [-0.2, 0) is 16.6 Å². The van der Waals surface area contributed by atoms with E-state index in [2.05, 4.69) is 158 Å². The molecule has 0 bridgehead atoms. The molecule has 6 aliphatic rings. The van der Waals surface area contributed by atoms with E-state index in [0.717, 1.165) is 8.45 Å². The summed E-state index contributed by atoms with van der Waals surface area (Å²) in [4.78, 5) is 0. The SMILES string of the molecule is C1=C(C2CCCCC2)[CH]([Ti+2]2([CH]3C(C4CCCCC4)=Cc4c(-c5c6ccccc6cc6ccccc56)cccc43)[CH]3CCCC[CH]32)c2cccc(-c3c4ccccc4cc4ccccc34)c21.[Cl-].[Cl-]. The van der Waals surface area contributed by atoms with Crippen LogP contribution in [0.25, 0.3) is 77.5 Å². The zero-order valence-corrected chi connectivity index (χ0v) is 41.7. The Balaban J connectivity index is 0.00000234. The first-order valence-electron chi connectivity index (χ1n) is 25.8. The molecule has 0 N–H and O–H groups in total. The number of benzene rings is 8. The van der Waals surface area contributed by atoms with Crippen molar-refractivity contribution in [1.82, 2.24) is 0 Å². The predicted octanol–water partition coefficient (Wildman–Crippen LogP) is 12.7. The zero-order valence-electron chi connectivity index (χ0n) is 38.6. The van der Waals surface area contributed by atoms with Crippen LogP contribution in [0.4, 0.5) is 0 Å². The zero-order chi connectivity index (χ0) is 42.6. The van der Waals surface area contributed by atoms with Gasteiger partial charge in [-0.2, -0.15) is 0 Å². The smallest absolute Gasteiger partial charge is 1.00 e. The van der Waals surface area contributed by atoms with Crippen molar-refractivity contribution in [3.05, 3.63) is 179 Å². The molecule has 0 spiro atoms. The van der Waals surface area contributed by atoms with Crippen molar-refractivity contribution >= 4 is 55.2 Å². The molecule has 1 aliphatic heterocycles. The number of hydrogen-bond acceptors (Lipinski definition) is 0. The van der Waals surface area contributed by atoms with E-state index >= 15 is 0 Å². The quantitative estimate of drug-likeness (QED) is 0.115. The summed E-state index contributed by atoms with van der Waals surface area (Å²) < 4.78 is 3.15. The van der Waals surface area contributed by atoms with E-state index in [1.807, 2.05) is 11.1 Å². The molecule has 0 aromatic heterocycles. The van der Waals surface area contributed by atoms with Gasteiger partial charge < -0.3 is 24.8 Å². The molecule has 1 saturated heterocycles. The maximum atomic E-state index is 2.89. The third kappa shape index (κ3) is 6.70. The molecule has 67 heavy (non-hydrogen) atoms. The Hall–Kier alpha value is -4.43. The molecule has 8 aromatic carbocycles. The summed E-state index contributed by atoms with van der Waals surface area (Å²) in [5.41, 5.74) is 16.3. The van der Waals surface area contributed by atoms with Gasteiger partial charge in [-0.15, -0.1) is 0 Å². The van der Waals surface area contributed by atoms with Crippen molar-refractivity contribution in [2.45, 2.75) is 107 Å². The monoisotopic (exact) mass is 946 g/mol. The van der Waals surface area contributed by atoms with Crippen molar-refractivity contribution in [1.29, 1.82) is 0 Å². The Morgan fingerprint density at radius 2 is 0.687 bits per heavy atom. The molecule has 0 nitrogen and oxygen atoms in total.